The number of hydrogen-bond donors (Lipinski definition) is 1. The minimum atomic E-state index is 0.256. The fraction of sp³-hybridized carbons (Fsp3) is 0.688. The van der Waals surface area contributed by atoms with Crippen molar-refractivity contribution in [1.82, 2.24) is 10.3 Å². The molecule has 0 fully saturated rings. The van der Waals surface area contributed by atoms with Gasteiger partial charge in [0.1, 0.15) is 0 Å². The molecule has 0 amide bonds. The van der Waals surface area contributed by atoms with E-state index in [1.807, 2.05) is 18.3 Å². The number of pyridine rings is 1. The average Bonchev–Trinajstić information content (AvgIpc) is 2.50. The van der Waals surface area contributed by atoms with E-state index in [1.54, 1.807) is 6.20 Å². The molecule has 0 saturated carbocycles. The minimum Gasteiger partial charge on any atom is -0.381 e. The Bertz CT molecular complexity index is 320. The van der Waals surface area contributed by atoms with Crippen LogP contribution in [0.4, 0.5) is 0 Å². The summed E-state index contributed by atoms with van der Waals surface area (Å²) >= 11 is 0. The van der Waals surface area contributed by atoms with Gasteiger partial charge in [-0.05, 0) is 37.4 Å². The summed E-state index contributed by atoms with van der Waals surface area (Å²) in [5.41, 5.74) is 1.12. The van der Waals surface area contributed by atoms with E-state index in [2.05, 4.69) is 24.1 Å². The maximum atomic E-state index is 5.89. The van der Waals surface area contributed by atoms with Gasteiger partial charge in [-0.15, -0.1) is 0 Å². The summed E-state index contributed by atoms with van der Waals surface area (Å²) in [4.78, 5) is 4.09. The molecule has 1 atom stereocenters. The summed E-state index contributed by atoms with van der Waals surface area (Å²) in [7, 11) is 0. The van der Waals surface area contributed by atoms with Crippen molar-refractivity contribution in [3.63, 3.8) is 0 Å². The maximum absolute atomic E-state index is 5.89. The molecule has 4 heteroatoms. The molecule has 0 aliphatic heterocycles. The van der Waals surface area contributed by atoms with Crippen LogP contribution in [0, 0.1) is 0 Å². The first kappa shape index (κ1) is 17.1. The second-order valence-corrected chi connectivity index (χ2v) is 4.87. The van der Waals surface area contributed by atoms with Gasteiger partial charge in [0, 0.05) is 32.2 Å². The Hall–Kier alpha value is -0.970. The molecule has 1 aromatic heterocycles. The van der Waals surface area contributed by atoms with Gasteiger partial charge in [-0.2, -0.15) is 0 Å². The van der Waals surface area contributed by atoms with Crippen molar-refractivity contribution in [2.75, 3.05) is 26.3 Å². The quantitative estimate of drug-likeness (QED) is 0.598. The fourth-order valence-electron chi connectivity index (χ4n) is 1.83. The zero-order chi connectivity index (χ0) is 14.5. The van der Waals surface area contributed by atoms with E-state index < -0.39 is 0 Å². The Morgan fingerprint density at radius 3 is 2.90 bits per heavy atom. The SMILES string of the molecule is CCCOCCCNCC(CC)OCc1cccnc1. The highest BCUT2D eigenvalue weighted by Crippen LogP contribution is 2.04. The third kappa shape index (κ3) is 8.25. The van der Waals surface area contributed by atoms with E-state index in [0.29, 0.717) is 6.61 Å². The third-order valence-corrected chi connectivity index (χ3v) is 3.03. The molecular weight excluding hydrogens is 252 g/mol. The van der Waals surface area contributed by atoms with E-state index in [4.69, 9.17) is 9.47 Å². The second kappa shape index (κ2) is 11.8. The molecule has 20 heavy (non-hydrogen) atoms. The lowest BCUT2D eigenvalue weighted by Gasteiger charge is -2.17. The first-order valence-electron chi connectivity index (χ1n) is 7.65. The molecule has 0 aliphatic rings. The van der Waals surface area contributed by atoms with Gasteiger partial charge >= 0.3 is 0 Å². The molecule has 1 heterocycles. The Labute approximate surface area is 122 Å². The Kier molecular flexibility index (Phi) is 10.1. The largest absolute Gasteiger partial charge is 0.381 e. The van der Waals surface area contributed by atoms with Crippen molar-refractivity contribution < 1.29 is 9.47 Å². The van der Waals surface area contributed by atoms with Crippen LogP contribution in [0.3, 0.4) is 0 Å². The monoisotopic (exact) mass is 280 g/mol. The number of nitrogens with one attached hydrogen (secondary N) is 1. The van der Waals surface area contributed by atoms with Gasteiger partial charge in [0.15, 0.2) is 0 Å². The summed E-state index contributed by atoms with van der Waals surface area (Å²) in [5.74, 6) is 0. The number of aromatic nitrogens is 1. The van der Waals surface area contributed by atoms with Crippen LogP contribution < -0.4 is 5.32 Å². The van der Waals surface area contributed by atoms with Crippen molar-refractivity contribution in [1.29, 1.82) is 0 Å². The molecule has 4 nitrogen and oxygen atoms in total. The van der Waals surface area contributed by atoms with Gasteiger partial charge in [-0.3, -0.25) is 4.98 Å². The second-order valence-electron chi connectivity index (χ2n) is 4.87. The fourth-order valence-corrected chi connectivity index (χ4v) is 1.83. The molecule has 1 N–H and O–H groups in total. The zero-order valence-corrected chi connectivity index (χ0v) is 12.8. The topological polar surface area (TPSA) is 43.4 Å². The normalized spacial score (nSPS) is 12.5. The molecule has 0 aromatic carbocycles. The summed E-state index contributed by atoms with van der Waals surface area (Å²) < 4.78 is 11.3. The Morgan fingerprint density at radius 2 is 2.20 bits per heavy atom. The standard InChI is InChI=1S/C16H28N2O2/c1-3-10-19-11-6-9-18-13-16(4-2)20-14-15-7-5-8-17-12-15/h5,7-8,12,16,18H,3-4,6,9-11,13-14H2,1-2H3. The van der Waals surface area contributed by atoms with Gasteiger partial charge in [0.25, 0.3) is 0 Å². The summed E-state index contributed by atoms with van der Waals surface area (Å²) in [6.07, 6.45) is 7.05. The Morgan fingerprint density at radius 1 is 1.30 bits per heavy atom. The number of rotatable bonds is 12. The van der Waals surface area contributed by atoms with E-state index in [-0.39, 0.29) is 6.10 Å². The number of nitrogens with zero attached hydrogens (tertiary/aromatic N) is 1. The van der Waals surface area contributed by atoms with Crippen LogP contribution in [-0.4, -0.2) is 37.4 Å². The smallest absolute Gasteiger partial charge is 0.0736 e. The maximum Gasteiger partial charge on any atom is 0.0736 e. The highest BCUT2D eigenvalue weighted by molar-refractivity contribution is 5.06. The van der Waals surface area contributed by atoms with Gasteiger partial charge in [-0.1, -0.05) is 19.9 Å². The van der Waals surface area contributed by atoms with Gasteiger partial charge in [0.05, 0.1) is 12.7 Å². The molecule has 0 radical (unpaired) electrons. The van der Waals surface area contributed by atoms with Crippen LogP contribution >= 0.6 is 0 Å². The van der Waals surface area contributed by atoms with Crippen LogP contribution in [0.15, 0.2) is 24.5 Å². The predicted octanol–water partition coefficient (Wildman–Crippen LogP) is 2.78. The minimum absolute atomic E-state index is 0.256. The highest BCUT2D eigenvalue weighted by Gasteiger charge is 2.06. The lowest BCUT2D eigenvalue weighted by molar-refractivity contribution is 0.0378. The lowest BCUT2D eigenvalue weighted by Crippen LogP contribution is -2.29. The summed E-state index contributed by atoms with van der Waals surface area (Å²) in [6, 6.07) is 3.98. The first-order chi connectivity index (χ1) is 9.86. The molecule has 0 spiro atoms. The van der Waals surface area contributed by atoms with Gasteiger partial charge < -0.3 is 14.8 Å². The molecule has 114 valence electrons. The van der Waals surface area contributed by atoms with E-state index in [0.717, 1.165) is 51.1 Å². The van der Waals surface area contributed by atoms with Crippen molar-refractivity contribution >= 4 is 0 Å². The molecule has 0 aliphatic carbocycles. The number of ether oxygens (including phenoxy) is 2. The molecule has 0 saturated heterocycles. The highest BCUT2D eigenvalue weighted by atomic mass is 16.5. The predicted molar refractivity (Wildman–Crippen MR) is 81.7 cm³/mol. The van der Waals surface area contributed by atoms with Gasteiger partial charge in [0.2, 0.25) is 0 Å². The Balaban J connectivity index is 2.04. The van der Waals surface area contributed by atoms with Crippen molar-refractivity contribution in [2.24, 2.45) is 0 Å². The van der Waals surface area contributed by atoms with Crippen LogP contribution in [0.2, 0.25) is 0 Å². The average molecular weight is 280 g/mol. The van der Waals surface area contributed by atoms with Crippen LogP contribution in [0.1, 0.15) is 38.7 Å². The van der Waals surface area contributed by atoms with Crippen LogP contribution in [0.5, 0.6) is 0 Å². The van der Waals surface area contributed by atoms with E-state index in [1.165, 1.54) is 0 Å². The third-order valence-electron chi connectivity index (χ3n) is 3.03. The first-order valence-corrected chi connectivity index (χ1v) is 7.65. The van der Waals surface area contributed by atoms with Crippen molar-refractivity contribution in [3.8, 4) is 0 Å². The van der Waals surface area contributed by atoms with E-state index >= 15 is 0 Å². The summed E-state index contributed by atoms with van der Waals surface area (Å²) in [6.45, 7) is 8.50. The van der Waals surface area contributed by atoms with Crippen molar-refractivity contribution in [2.45, 2.75) is 45.8 Å². The van der Waals surface area contributed by atoms with Gasteiger partial charge in [-0.25, -0.2) is 0 Å². The van der Waals surface area contributed by atoms with Crippen LogP contribution in [0.25, 0.3) is 0 Å². The molecule has 1 aromatic rings. The molecule has 0 bridgehead atoms. The molecular formula is C16H28N2O2. The molecule has 1 unspecified atom stereocenters. The van der Waals surface area contributed by atoms with Crippen molar-refractivity contribution in [3.05, 3.63) is 30.1 Å². The van der Waals surface area contributed by atoms with Crippen LogP contribution in [-0.2, 0) is 16.1 Å². The number of hydrogen-bond acceptors (Lipinski definition) is 4. The molecule has 1 rings (SSSR count). The summed E-state index contributed by atoms with van der Waals surface area (Å²) in [5, 5.41) is 3.43. The lowest BCUT2D eigenvalue weighted by atomic mass is 10.2. The zero-order valence-electron chi connectivity index (χ0n) is 12.8. The van der Waals surface area contributed by atoms with E-state index in [9.17, 15) is 0 Å².